The van der Waals surface area contributed by atoms with Crippen LogP contribution in [0.3, 0.4) is 0 Å². The summed E-state index contributed by atoms with van der Waals surface area (Å²) >= 11 is 0. The number of amides is 1. The first-order valence-corrected chi connectivity index (χ1v) is 10.9. The Morgan fingerprint density at radius 1 is 1.29 bits per heavy atom. The molecule has 2 aliphatic heterocycles. The van der Waals surface area contributed by atoms with E-state index >= 15 is 0 Å². The zero-order valence-electron chi connectivity index (χ0n) is 16.7. The molecule has 1 amide bonds. The van der Waals surface area contributed by atoms with E-state index in [4.69, 9.17) is 4.74 Å². The van der Waals surface area contributed by atoms with Gasteiger partial charge in [-0.1, -0.05) is 18.1 Å². The minimum absolute atomic E-state index is 0.0231. The van der Waals surface area contributed by atoms with Crippen molar-refractivity contribution in [2.24, 2.45) is 17.8 Å². The molecule has 5 rings (SSSR count). The first-order valence-electron chi connectivity index (χ1n) is 10.9. The number of rotatable bonds is 4. The lowest BCUT2D eigenvalue weighted by molar-refractivity contribution is -0.124. The molecule has 2 saturated carbocycles. The second-order valence-corrected chi connectivity index (χ2v) is 9.21. The Morgan fingerprint density at radius 3 is 2.93 bits per heavy atom. The molecule has 1 aromatic carbocycles. The first kappa shape index (κ1) is 18.2. The standard InChI is InChI=1S/C23H30N2O3/c1-15-5-6-19-17(13-15)18(26)14-23(28-19)8-7-16-20(21(16)23)22(27)24-9-12-25-10-3-2-4-11-25/h5-6,13,16,20-21H,2-4,7-12,14H2,1H3,(H,24,27)/t16-,20-,21-,23-/m1/s1. The van der Waals surface area contributed by atoms with Crippen molar-refractivity contribution in [3.63, 3.8) is 0 Å². The van der Waals surface area contributed by atoms with Crippen LogP contribution in [0, 0.1) is 24.7 Å². The Bertz CT molecular complexity index is 801. The van der Waals surface area contributed by atoms with Crippen LogP contribution in [0.4, 0.5) is 0 Å². The van der Waals surface area contributed by atoms with Crippen LogP contribution in [0.25, 0.3) is 0 Å². The fourth-order valence-corrected chi connectivity index (χ4v) is 5.92. The van der Waals surface area contributed by atoms with Crippen molar-refractivity contribution in [1.29, 1.82) is 0 Å². The molecule has 1 N–H and O–H groups in total. The van der Waals surface area contributed by atoms with Gasteiger partial charge in [0.15, 0.2) is 5.78 Å². The molecule has 0 aromatic heterocycles. The molecule has 150 valence electrons. The van der Waals surface area contributed by atoms with Crippen molar-refractivity contribution in [2.75, 3.05) is 26.2 Å². The Morgan fingerprint density at radius 2 is 2.11 bits per heavy atom. The number of likely N-dealkylation sites (tertiary alicyclic amines) is 1. The molecule has 5 nitrogen and oxygen atoms in total. The molecule has 1 aromatic rings. The number of fused-ring (bicyclic) bond motifs is 3. The van der Waals surface area contributed by atoms with Gasteiger partial charge in [0.2, 0.25) is 5.91 Å². The zero-order valence-corrected chi connectivity index (χ0v) is 16.7. The van der Waals surface area contributed by atoms with Gasteiger partial charge < -0.3 is 15.0 Å². The summed E-state index contributed by atoms with van der Waals surface area (Å²) in [5.41, 5.74) is 1.32. The number of aryl methyl sites for hydroxylation is 1. The predicted molar refractivity (Wildman–Crippen MR) is 106 cm³/mol. The van der Waals surface area contributed by atoms with Crippen LogP contribution in [0.1, 0.15) is 54.4 Å². The van der Waals surface area contributed by atoms with Crippen molar-refractivity contribution in [2.45, 2.75) is 51.0 Å². The van der Waals surface area contributed by atoms with Crippen molar-refractivity contribution in [3.05, 3.63) is 29.3 Å². The summed E-state index contributed by atoms with van der Waals surface area (Å²) in [5, 5.41) is 3.16. The van der Waals surface area contributed by atoms with E-state index in [0.717, 1.165) is 44.6 Å². The monoisotopic (exact) mass is 382 g/mol. The fourth-order valence-electron chi connectivity index (χ4n) is 5.92. The molecule has 0 radical (unpaired) electrons. The molecule has 28 heavy (non-hydrogen) atoms. The number of Topliss-reactive ketones (excluding diaryl/α,β-unsaturated/α-hetero) is 1. The van der Waals surface area contributed by atoms with Crippen molar-refractivity contribution < 1.29 is 14.3 Å². The van der Waals surface area contributed by atoms with E-state index in [1.54, 1.807) is 0 Å². The Hall–Kier alpha value is -1.88. The number of ketones is 1. The minimum atomic E-state index is -0.459. The van der Waals surface area contributed by atoms with Gasteiger partial charge in [-0.25, -0.2) is 0 Å². The van der Waals surface area contributed by atoms with E-state index in [-0.39, 0.29) is 23.5 Å². The number of piperidine rings is 1. The maximum absolute atomic E-state index is 12.8. The Labute approximate surface area is 166 Å². The summed E-state index contributed by atoms with van der Waals surface area (Å²) in [7, 11) is 0. The maximum atomic E-state index is 12.8. The molecule has 4 atom stereocenters. The maximum Gasteiger partial charge on any atom is 0.223 e. The number of carbonyl (C=O) groups excluding carboxylic acids is 2. The summed E-state index contributed by atoms with van der Waals surface area (Å²) < 4.78 is 6.43. The van der Waals surface area contributed by atoms with Crippen molar-refractivity contribution in [1.82, 2.24) is 10.2 Å². The fraction of sp³-hybridized carbons (Fsp3) is 0.652. The average Bonchev–Trinajstić information content (AvgIpc) is 3.34. The lowest BCUT2D eigenvalue weighted by Gasteiger charge is -2.37. The lowest BCUT2D eigenvalue weighted by Crippen LogP contribution is -2.45. The van der Waals surface area contributed by atoms with Gasteiger partial charge in [0, 0.05) is 24.9 Å². The van der Waals surface area contributed by atoms with E-state index < -0.39 is 5.60 Å². The van der Waals surface area contributed by atoms with Gasteiger partial charge in [0.1, 0.15) is 11.4 Å². The molecular weight excluding hydrogens is 352 g/mol. The van der Waals surface area contributed by atoms with Crippen LogP contribution < -0.4 is 10.1 Å². The summed E-state index contributed by atoms with van der Waals surface area (Å²) in [5.74, 6) is 1.64. The number of hydrogen-bond acceptors (Lipinski definition) is 4. The number of hydrogen-bond donors (Lipinski definition) is 1. The van der Waals surface area contributed by atoms with Crippen LogP contribution in [0.5, 0.6) is 5.75 Å². The summed E-state index contributed by atoms with van der Waals surface area (Å²) in [6.07, 6.45) is 6.17. The van der Waals surface area contributed by atoms with Gasteiger partial charge >= 0.3 is 0 Å². The third-order valence-corrected chi connectivity index (χ3v) is 7.36. The molecule has 4 aliphatic rings. The van der Waals surface area contributed by atoms with E-state index in [1.807, 2.05) is 25.1 Å². The van der Waals surface area contributed by atoms with Gasteiger partial charge in [0.05, 0.1) is 12.0 Å². The highest BCUT2D eigenvalue weighted by Crippen LogP contribution is 2.65. The number of ether oxygens (including phenoxy) is 1. The summed E-state index contributed by atoms with van der Waals surface area (Å²) in [6, 6.07) is 5.84. The van der Waals surface area contributed by atoms with E-state index in [1.165, 1.54) is 19.3 Å². The number of nitrogens with one attached hydrogen (secondary N) is 1. The first-order chi connectivity index (χ1) is 13.6. The third kappa shape index (κ3) is 3.04. The van der Waals surface area contributed by atoms with Crippen LogP contribution >= 0.6 is 0 Å². The molecule has 5 heteroatoms. The van der Waals surface area contributed by atoms with E-state index in [2.05, 4.69) is 10.2 Å². The lowest BCUT2D eigenvalue weighted by atomic mass is 9.84. The minimum Gasteiger partial charge on any atom is -0.486 e. The Balaban J connectivity index is 1.22. The number of benzene rings is 1. The van der Waals surface area contributed by atoms with E-state index in [9.17, 15) is 9.59 Å². The van der Waals surface area contributed by atoms with Crippen LogP contribution in [-0.4, -0.2) is 48.4 Å². The molecule has 0 bridgehead atoms. The Kier molecular flexibility index (Phi) is 4.46. The van der Waals surface area contributed by atoms with E-state index in [0.29, 0.717) is 23.7 Å². The highest BCUT2D eigenvalue weighted by molar-refractivity contribution is 6.01. The predicted octanol–water partition coefficient (Wildman–Crippen LogP) is 2.96. The van der Waals surface area contributed by atoms with Gasteiger partial charge in [-0.05, 0) is 63.7 Å². The molecule has 1 spiro atoms. The van der Waals surface area contributed by atoms with Gasteiger partial charge in [-0.3, -0.25) is 9.59 Å². The smallest absolute Gasteiger partial charge is 0.223 e. The molecule has 1 saturated heterocycles. The van der Waals surface area contributed by atoms with Gasteiger partial charge in [-0.2, -0.15) is 0 Å². The molecule has 3 fully saturated rings. The number of carbonyl (C=O) groups is 2. The van der Waals surface area contributed by atoms with Crippen LogP contribution in [-0.2, 0) is 4.79 Å². The quantitative estimate of drug-likeness (QED) is 0.870. The van der Waals surface area contributed by atoms with Crippen molar-refractivity contribution >= 4 is 11.7 Å². The van der Waals surface area contributed by atoms with Crippen LogP contribution in [0.2, 0.25) is 0 Å². The molecular formula is C23H30N2O3. The third-order valence-electron chi connectivity index (χ3n) is 7.36. The summed E-state index contributed by atoms with van der Waals surface area (Å²) in [6.45, 7) is 5.98. The highest BCUT2D eigenvalue weighted by atomic mass is 16.5. The molecule has 2 heterocycles. The van der Waals surface area contributed by atoms with Gasteiger partial charge in [-0.15, -0.1) is 0 Å². The SMILES string of the molecule is Cc1ccc2c(c1)C(=O)C[C@@]1(CC[C@@H]3[C@@H](C(=O)NCCN4CCCCC4)[C@@H]31)O2. The normalized spacial score (nSPS) is 33.9. The second kappa shape index (κ2) is 6.87. The number of nitrogens with zero attached hydrogens (tertiary/aromatic N) is 1. The topological polar surface area (TPSA) is 58.6 Å². The zero-order chi connectivity index (χ0) is 19.3. The largest absolute Gasteiger partial charge is 0.486 e. The van der Waals surface area contributed by atoms with Gasteiger partial charge in [0.25, 0.3) is 0 Å². The van der Waals surface area contributed by atoms with Crippen molar-refractivity contribution in [3.8, 4) is 5.75 Å². The highest BCUT2D eigenvalue weighted by Gasteiger charge is 2.70. The average molecular weight is 383 g/mol. The summed E-state index contributed by atoms with van der Waals surface area (Å²) in [4.78, 5) is 28.0. The molecule has 2 aliphatic carbocycles. The molecule has 0 unspecified atom stereocenters. The van der Waals surface area contributed by atoms with Crippen LogP contribution in [0.15, 0.2) is 18.2 Å². The second-order valence-electron chi connectivity index (χ2n) is 9.21.